The van der Waals surface area contributed by atoms with Crippen molar-refractivity contribution in [2.24, 2.45) is 0 Å². The molecule has 0 fully saturated rings. The summed E-state index contributed by atoms with van der Waals surface area (Å²) in [7, 11) is -1.37. The maximum absolute atomic E-state index is 12.2. The molecule has 2 aromatic rings. The van der Waals surface area contributed by atoms with E-state index in [0.29, 0.717) is 20.6 Å². The van der Waals surface area contributed by atoms with Gasteiger partial charge in [0.05, 0.1) is 26.4 Å². The molecule has 0 bridgehead atoms. The highest BCUT2D eigenvalue weighted by Gasteiger charge is 2.22. The Labute approximate surface area is 128 Å². The predicted molar refractivity (Wildman–Crippen MR) is 84.7 cm³/mol. The lowest BCUT2D eigenvalue weighted by atomic mass is 10.2. The van der Waals surface area contributed by atoms with E-state index in [9.17, 15) is 9.00 Å². The molecule has 1 amide bonds. The van der Waals surface area contributed by atoms with Gasteiger partial charge >= 0.3 is 0 Å². The van der Waals surface area contributed by atoms with E-state index in [-0.39, 0.29) is 5.91 Å². The van der Waals surface area contributed by atoms with E-state index < -0.39 is 16.0 Å². The van der Waals surface area contributed by atoms with Gasteiger partial charge in [-0.15, -0.1) is 11.3 Å². The first kappa shape index (κ1) is 15.0. The number of thiophene rings is 1. The molecule has 0 radical (unpaired) electrons. The number of nitrogens with one attached hydrogen (secondary N) is 1. The van der Waals surface area contributed by atoms with Crippen molar-refractivity contribution < 1.29 is 9.00 Å². The average molecular weight is 329 g/mol. The number of benzene rings is 1. The molecule has 2 rings (SSSR count). The molecular formula is C13H13ClN2O2S2. The molecule has 4 nitrogen and oxygen atoms in total. The van der Waals surface area contributed by atoms with Crippen LogP contribution in [-0.4, -0.2) is 15.4 Å². The first-order valence-corrected chi connectivity index (χ1v) is 8.26. The summed E-state index contributed by atoms with van der Waals surface area (Å²) in [5, 5.41) is 4.33. The van der Waals surface area contributed by atoms with Gasteiger partial charge in [0, 0.05) is 5.02 Å². The second kappa shape index (κ2) is 6.39. The van der Waals surface area contributed by atoms with Crippen LogP contribution in [-0.2, 0) is 15.6 Å². The number of amides is 1. The van der Waals surface area contributed by atoms with E-state index in [1.54, 1.807) is 37.3 Å². The molecule has 7 heteroatoms. The number of nitrogen functional groups attached to an aromatic ring is 1. The van der Waals surface area contributed by atoms with Gasteiger partial charge in [-0.3, -0.25) is 9.00 Å². The van der Waals surface area contributed by atoms with E-state index in [1.165, 1.54) is 11.3 Å². The fourth-order valence-electron chi connectivity index (χ4n) is 1.53. The standard InChI is InChI=1S/C13H13ClN2O2S2/c1-8(20(18)12-3-2-6-19-12)13(17)16-11-5-4-9(14)7-10(11)15/h2-8H,15H2,1H3,(H,16,17). The molecule has 0 aliphatic heterocycles. The number of carbonyl (C=O) groups excluding carboxylic acids is 1. The lowest BCUT2D eigenvalue weighted by molar-refractivity contribution is -0.115. The van der Waals surface area contributed by atoms with Crippen molar-refractivity contribution in [3.8, 4) is 0 Å². The van der Waals surface area contributed by atoms with Gasteiger partial charge in [-0.25, -0.2) is 0 Å². The van der Waals surface area contributed by atoms with Crippen LogP contribution in [0.4, 0.5) is 11.4 Å². The normalized spacial score (nSPS) is 13.7. The Bertz CT molecular complexity index is 644. The zero-order valence-electron chi connectivity index (χ0n) is 10.6. The zero-order valence-corrected chi connectivity index (χ0v) is 13.0. The zero-order chi connectivity index (χ0) is 14.7. The first-order chi connectivity index (χ1) is 9.49. The van der Waals surface area contributed by atoms with Gasteiger partial charge in [0.15, 0.2) is 0 Å². The van der Waals surface area contributed by atoms with Crippen LogP contribution in [0.2, 0.25) is 5.02 Å². The van der Waals surface area contributed by atoms with Gasteiger partial charge in [0.1, 0.15) is 5.25 Å². The molecule has 0 saturated heterocycles. The molecule has 1 heterocycles. The molecule has 20 heavy (non-hydrogen) atoms. The Morgan fingerprint density at radius 1 is 1.45 bits per heavy atom. The topological polar surface area (TPSA) is 72.2 Å². The van der Waals surface area contributed by atoms with Gasteiger partial charge < -0.3 is 11.1 Å². The lowest BCUT2D eigenvalue weighted by Crippen LogP contribution is -2.29. The van der Waals surface area contributed by atoms with Crippen LogP contribution < -0.4 is 11.1 Å². The molecule has 3 N–H and O–H groups in total. The van der Waals surface area contributed by atoms with Crippen molar-refractivity contribution in [3.05, 3.63) is 40.7 Å². The summed E-state index contributed by atoms with van der Waals surface area (Å²) in [6.07, 6.45) is 0. The summed E-state index contributed by atoms with van der Waals surface area (Å²) in [4.78, 5) is 12.1. The molecule has 2 unspecified atom stereocenters. The third-order valence-corrected chi connectivity index (χ3v) is 5.72. The largest absolute Gasteiger partial charge is 0.397 e. The number of hydrogen-bond donors (Lipinski definition) is 2. The number of rotatable bonds is 4. The van der Waals surface area contributed by atoms with Crippen LogP contribution >= 0.6 is 22.9 Å². The molecular weight excluding hydrogens is 316 g/mol. The van der Waals surface area contributed by atoms with Crippen molar-refractivity contribution in [2.45, 2.75) is 16.4 Å². The minimum Gasteiger partial charge on any atom is -0.397 e. The van der Waals surface area contributed by atoms with Crippen LogP contribution in [0.25, 0.3) is 0 Å². The summed E-state index contributed by atoms with van der Waals surface area (Å²) in [6.45, 7) is 1.62. The molecule has 0 spiro atoms. The van der Waals surface area contributed by atoms with Crippen LogP contribution in [0, 0.1) is 0 Å². The Kier molecular flexibility index (Phi) is 4.80. The van der Waals surface area contributed by atoms with Crippen molar-refractivity contribution in [1.29, 1.82) is 0 Å². The van der Waals surface area contributed by atoms with Gasteiger partial charge in [0.2, 0.25) is 5.91 Å². The number of carbonyl (C=O) groups is 1. The third kappa shape index (κ3) is 3.39. The smallest absolute Gasteiger partial charge is 0.240 e. The van der Waals surface area contributed by atoms with Crippen molar-refractivity contribution in [2.75, 3.05) is 11.1 Å². The van der Waals surface area contributed by atoms with E-state index in [0.717, 1.165) is 0 Å². The van der Waals surface area contributed by atoms with Crippen LogP contribution in [0.15, 0.2) is 39.9 Å². The van der Waals surface area contributed by atoms with Crippen LogP contribution in [0.5, 0.6) is 0 Å². The predicted octanol–water partition coefficient (Wildman–Crippen LogP) is 3.12. The van der Waals surface area contributed by atoms with E-state index in [4.69, 9.17) is 17.3 Å². The van der Waals surface area contributed by atoms with Crippen molar-refractivity contribution in [3.63, 3.8) is 0 Å². The van der Waals surface area contributed by atoms with Crippen molar-refractivity contribution >= 4 is 51.0 Å². The molecule has 0 aliphatic rings. The highest BCUT2D eigenvalue weighted by atomic mass is 35.5. The monoisotopic (exact) mass is 328 g/mol. The minimum atomic E-state index is -1.37. The average Bonchev–Trinajstić information content (AvgIpc) is 2.94. The molecule has 0 saturated carbocycles. The quantitative estimate of drug-likeness (QED) is 0.847. The Hall–Kier alpha value is -1.37. The van der Waals surface area contributed by atoms with Gasteiger partial charge in [-0.2, -0.15) is 0 Å². The maximum atomic E-state index is 12.2. The molecule has 0 aliphatic carbocycles. The fourth-order valence-corrected chi connectivity index (χ4v) is 3.95. The number of hydrogen-bond acceptors (Lipinski definition) is 4. The fraction of sp³-hybridized carbons (Fsp3) is 0.154. The number of nitrogens with two attached hydrogens (primary N) is 1. The molecule has 2 atom stereocenters. The van der Waals surface area contributed by atoms with Gasteiger partial charge in [-0.05, 0) is 36.6 Å². The Morgan fingerprint density at radius 3 is 2.80 bits per heavy atom. The maximum Gasteiger partial charge on any atom is 0.240 e. The second-order valence-corrected chi connectivity index (χ2v) is 7.48. The minimum absolute atomic E-state index is 0.342. The second-order valence-electron chi connectivity index (χ2n) is 4.09. The summed E-state index contributed by atoms with van der Waals surface area (Å²) in [6, 6.07) is 8.36. The number of halogens is 1. The molecule has 1 aromatic carbocycles. The Balaban J connectivity index is 2.10. The SMILES string of the molecule is CC(C(=O)Nc1ccc(Cl)cc1N)S(=O)c1cccs1. The number of anilines is 2. The molecule has 1 aromatic heterocycles. The van der Waals surface area contributed by atoms with Crippen molar-refractivity contribution in [1.82, 2.24) is 0 Å². The van der Waals surface area contributed by atoms with Gasteiger partial charge in [-0.1, -0.05) is 17.7 Å². The van der Waals surface area contributed by atoms with E-state index in [2.05, 4.69) is 5.32 Å². The van der Waals surface area contributed by atoms with Crippen LogP contribution in [0.1, 0.15) is 6.92 Å². The highest BCUT2D eigenvalue weighted by Crippen LogP contribution is 2.24. The molecule has 106 valence electrons. The third-order valence-electron chi connectivity index (χ3n) is 2.66. The van der Waals surface area contributed by atoms with Crippen LogP contribution in [0.3, 0.4) is 0 Å². The van der Waals surface area contributed by atoms with E-state index >= 15 is 0 Å². The summed E-state index contributed by atoms with van der Waals surface area (Å²) < 4.78 is 12.9. The first-order valence-electron chi connectivity index (χ1n) is 5.79. The lowest BCUT2D eigenvalue weighted by Gasteiger charge is -2.12. The van der Waals surface area contributed by atoms with Gasteiger partial charge in [0.25, 0.3) is 0 Å². The summed E-state index contributed by atoms with van der Waals surface area (Å²) in [5.74, 6) is -0.342. The summed E-state index contributed by atoms with van der Waals surface area (Å²) in [5.41, 5.74) is 6.61. The van der Waals surface area contributed by atoms with E-state index in [1.807, 2.05) is 5.38 Å². The Morgan fingerprint density at radius 2 is 2.20 bits per heavy atom. The summed E-state index contributed by atoms with van der Waals surface area (Å²) >= 11 is 7.16. The highest BCUT2D eigenvalue weighted by molar-refractivity contribution is 7.88.